The third kappa shape index (κ3) is 0.981. The first kappa shape index (κ1) is 10.5. The van der Waals surface area contributed by atoms with Crippen molar-refractivity contribution in [1.29, 1.82) is 0 Å². The van der Waals surface area contributed by atoms with Crippen molar-refractivity contribution >= 4 is 10.9 Å². The Balaban J connectivity index is 2.08. The molecule has 0 amide bonds. The van der Waals surface area contributed by atoms with Crippen LogP contribution in [0.15, 0.2) is 30.3 Å². The first-order chi connectivity index (χ1) is 8.54. The zero-order valence-electron chi connectivity index (χ0n) is 11.3. The van der Waals surface area contributed by atoms with E-state index in [-0.39, 0.29) is 5.41 Å². The minimum atomic E-state index is 0.275. The molecule has 1 saturated carbocycles. The van der Waals surface area contributed by atoms with Crippen molar-refractivity contribution in [3.63, 3.8) is 0 Å². The first-order valence-corrected chi connectivity index (χ1v) is 6.94. The van der Waals surface area contributed by atoms with Gasteiger partial charge in [0.25, 0.3) is 0 Å². The first-order valence-electron chi connectivity index (χ1n) is 6.94. The van der Waals surface area contributed by atoms with E-state index in [1.807, 2.05) is 0 Å². The molecule has 2 bridgehead atoms. The molecule has 0 aliphatic heterocycles. The van der Waals surface area contributed by atoms with Gasteiger partial charge in [0.2, 0.25) is 0 Å². The van der Waals surface area contributed by atoms with E-state index in [1.54, 1.807) is 0 Å². The molecule has 2 aliphatic carbocycles. The van der Waals surface area contributed by atoms with E-state index in [9.17, 15) is 0 Å². The summed E-state index contributed by atoms with van der Waals surface area (Å²) >= 11 is 0. The smallest absolute Gasteiger partial charge is 0.0705 e. The third-order valence-electron chi connectivity index (χ3n) is 5.88. The summed E-state index contributed by atoms with van der Waals surface area (Å²) in [6.07, 6.45) is 2.62. The molecular weight excluding hydrogens is 218 g/mol. The molecule has 18 heavy (non-hydrogen) atoms. The lowest BCUT2D eigenvalue weighted by Crippen LogP contribution is -2.31. The standard InChI is InChI=1S/C17H19N/c1-16(2)13-8-9-17(16,3)15-12(13)10-11-6-4-5-7-14(11)18-15/h4-7,10,13H,8-9H2,1-3H3. The summed E-state index contributed by atoms with van der Waals surface area (Å²) in [6, 6.07) is 10.9. The summed E-state index contributed by atoms with van der Waals surface area (Å²) in [5.74, 6) is 0.703. The third-order valence-corrected chi connectivity index (χ3v) is 5.88. The Labute approximate surface area is 108 Å². The van der Waals surface area contributed by atoms with Gasteiger partial charge in [-0.15, -0.1) is 0 Å². The number of pyridine rings is 1. The molecule has 1 heteroatoms. The maximum absolute atomic E-state index is 5.01. The van der Waals surface area contributed by atoms with Crippen LogP contribution in [0.3, 0.4) is 0 Å². The fraction of sp³-hybridized carbons (Fsp3) is 0.471. The zero-order valence-corrected chi connectivity index (χ0v) is 11.3. The van der Waals surface area contributed by atoms with Gasteiger partial charge in [-0.25, -0.2) is 0 Å². The fourth-order valence-electron chi connectivity index (χ4n) is 4.31. The number of aromatic nitrogens is 1. The average Bonchev–Trinajstić information content (AvgIpc) is 2.68. The van der Waals surface area contributed by atoms with Gasteiger partial charge in [-0.3, -0.25) is 4.98 Å². The van der Waals surface area contributed by atoms with Crippen molar-refractivity contribution in [2.45, 2.75) is 44.9 Å². The van der Waals surface area contributed by atoms with Crippen LogP contribution >= 0.6 is 0 Å². The number of hydrogen-bond donors (Lipinski definition) is 0. The van der Waals surface area contributed by atoms with Crippen LogP contribution in [-0.4, -0.2) is 4.98 Å². The highest BCUT2D eigenvalue weighted by atomic mass is 14.8. The number of benzene rings is 1. The van der Waals surface area contributed by atoms with Gasteiger partial charge in [-0.1, -0.05) is 39.0 Å². The Morgan fingerprint density at radius 3 is 2.78 bits per heavy atom. The molecule has 2 unspecified atom stereocenters. The molecule has 4 rings (SSSR count). The van der Waals surface area contributed by atoms with Crippen molar-refractivity contribution in [1.82, 2.24) is 4.98 Å². The van der Waals surface area contributed by atoms with Gasteiger partial charge in [-0.2, -0.15) is 0 Å². The van der Waals surface area contributed by atoms with E-state index in [0.717, 1.165) is 5.52 Å². The van der Waals surface area contributed by atoms with Crippen LogP contribution < -0.4 is 0 Å². The van der Waals surface area contributed by atoms with Crippen molar-refractivity contribution in [2.24, 2.45) is 5.41 Å². The summed E-state index contributed by atoms with van der Waals surface area (Å²) in [5, 5.41) is 1.29. The van der Waals surface area contributed by atoms with Gasteiger partial charge in [0.05, 0.1) is 11.2 Å². The predicted molar refractivity (Wildman–Crippen MR) is 74.9 cm³/mol. The van der Waals surface area contributed by atoms with E-state index in [4.69, 9.17) is 4.98 Å². The highest BCUT2D eigenvalue weighted by Gasteiger charge is 2.60. The van der Waals surface area contributed by atoms with Gasteiger partial charge >= 0.3 is 0 Å². The Hall–Kier alpha value is -1.37. The Morgan fingerprint density at radius 1 is 1.17 bits per heavy atom. The SMILES string of the molecule is CC12CCC(c3cc4ccccc4nc31)C2(C)C. The highest BCUT2D eigenvalue weighted by molar-refractivity contribution is 5.80. The molecule has 92 valence electrons. The molecule has 1 aromatic carbocycles. The second-order valence-electron chi connectivity index (χ2n) is 6.76. The number of fused-ring (bicyclic) bond motifs is 6. The molecule has 2 aromatic rings. The second kappa shape index (κ2) is 2.96. The number of rotatable bonds is 0. The number of hydrogen-bond acceptors (Lipinski definition) is 1. The van der Waals surface area contributed by atoms with Gasteiger partial charge in [0.15, 0.2) is 0 Å². The lowest BCUT2D eigenvalue weighted by atomic mass is 9.70. The molecule has 1 aromatic heterocycles. The summed E-state index contributed by atoms with van der Waals surface area (Å²) in [7, 11) is 0. The lowest BCUT2D eigenvalue weighted by Gasteiger charge is -2.34. The summed E-state index contributed by atoms with van der Waals surface area (Å²) < 4.78 is 0. The van der Waals surface area contributed by atoms with Gasteiger partial charge in [0, 0.05) is 10.8 Å². The average molecular weight is 237 g/mol. The van der Waals surface area contributed by atoms with Crippen molar-refractivity contribution < 1.29 is 0 Å². The molecule has 1 fully saturated rings. The normalized spacial score (nSPS) is 31.8. The summed E-state index contributed by atoms with van der Waals surface area (Å²) in [4.78, 5) is 5.01. The molecule has 0 spiro atoms. The minimum Gasteiger partial charge on any atom is -0.252 e. The summed E-state index contributed by atoms with van der Waals surface area (Å²) in [6.45, 7) is 7.27. The maximum Gasteiger partial charge on any atom is 0.0705 e. The van der Waals surface area contributed by atoms with Crippen molar-refractivity contribution in [3.05, 3.63) is 41.6 Å². The van der Waals surface area contributed by atoms with Crippen LogP contribution in [0.25, 0.3) is 10.9 Å². The molecule has 1 nitrogen and oxygen atoms in total. The largest absolute Gasteiger partial charge is 0.252 e. The van der Waals surface area contributed by atoms with Crippen molar-refractivity contribution in [3.8, 4) is 0 Å². The van der Waals surface area contributed by atoms with E-state index < -0.39 is 0 Å². The van der Waals surface area contributed by atoms with Gasteiger partial charge in [0.1, 0.15) is 0 Å². The zero-order chi connectivity index (χ0) is 12.5. The second-order valence-corrected chi connectivity index (χ2v) is 6.76. The van der Waals surface area contributed by atoms with Crippen LogP contribution in [0, 0.1) is 5.41 Å². The Kier molecular flexibility index (Phi) is 1.73. The van der Waals surface area contributed by atoms with Crippen LogP contribution in [0.5, 0.6) is 0 Å². The minimum absolute atomic E-state index is 0.275. The van der Waals surface area contributed by atoms with Crippen LogP contribution in [0.2, 0.25) is 0 Å². The van der Waals surface area contributed by atoms with E-state index >= 15 is 0 Å². The topological polar surface area (TPSA) is 12.9 Å². The van der Waals surface area contributed by atoms with E-state index in [0.29, 0.717) is 11.3 Å². The van der Waals surface area contributed by atoms with E-state index in [1.165, 1.54) is 29.5 Å². The van der Waals surface area contributed by atoms with Crippen LogP contribution in [0.4, 0.5) is 0 Å². The highest BCUT2D eigenvalue weighted by Crippen LogP contribution is 2.67. The van der Waals surface area contributed by atoms with Gasteiger partial charge in [-0.05, 0) is 41.9 Å². The van der Waals surface area contributed by atoms with Crippen molar-refractivity contribution in [2.75, 3.05) is 0 Å². The van der Waals surface area contributed by atoms with Crippen LogP contribution in [0.1, 0.15) is 50.8 Å². The quantitative estimate of drug-likeness (QED) is 0.661. The molecule has 0 radical (unpaired) electrons. The number of nitrogens with zero attached hydrogens (tertiary/aromatic N) is 1. The maximum atomic E-state index is 5.01. The molecule has 2 aliphatic rings. The Bertz CT molecular complexity index is 656. The van der Waals surface area contributed by atoms with E-state index in [2.05, 4.69) is 51.1 Å². The molecule has 0 saturated heterocycles. The number of para-hydroxylation sites is 1. The molecular formula is C17H19N. The molecule has 1 heterocycles. The molecule has 2 atom stereocenters. The fourth-order valence-corrected chi connectivity index (χ4v) is 4.31. The summed E-state index contributed by atoms with van der Waals surface area (Å²) in [5.41, 5.74) is 4.69. The predicted octanol–water partition coefficient (Wildman–Crippen LogP) is 4.41. The molecule has 0 N–H and O–H groups in total. The van der Waals surface area contributed by atoms with Gasteiger partial charge < -0.3 is 0 Å². The monoisotopic (exact) mass is 237 g/mol. The lowest BCUT2D eigenvalue weighted by molar-refractivity contribution is 0.227. The van der Waals surface area contributed by atoms with Crippen LogP contribution in [-0.2, 0) is 5.41 Å². The Morgan fingerprint density at radius 2 is 1.94 bits per heavy atom.